The summed E-state index contributed by atoms with van der Waals surface area (Å²) < 4.78 is 51.0. The number of para-hydroxylation sites is 1. The molecule has 0 aliphatic heterocycles. The summed E-state index contributed by atoms with van der Waals surface area (Å²) in [5.74, 6) is -0.674. The van der Waals surface area contributed by atoms with Crippen molar-refractivity contribution in [3.63, 3.8) is 0 Å². The van der Waals surface area contributed by atoms with Crippen molar-refractivity contribution in [2.75, 3.05) is 33.4 Å². The number of aliphatic hydroxyl groups excluding tert-OH is 2. The van der Waals surface area contributed by atoms with Crippen molar-refractivity contribution < 1.29 is 42.4 Å². The largest absolute Gasteiger partial charge is 0.482 e. The van der Waals surface area contributed by atoms with Crippen LogP contribution in [0.15, 0.2) is 60.2 Å². The number of hydrogen-bond donors (Lipinski definition) is 3. The van der Waals surface area contributed by atoms with Crippen LogP contribution in [0.2, 0.25) is 0 Å². The lowest BCUT2D eigenvalue weighted by Gasteiger charge is -2.40. The summed E-state index contributed by atoms with van der Waals surface area (Å²) in [5, 5.41) is 23.0. The Morgan fingerprint density at radius 1 is 1.16 bits per heavy atom. The van der Waals surface area contributed by atoms with Crippen LogP contribution >= 0.6 is 22.6 Å². The minimum absolute atomic E-state index is 0.000781. The number of carbonyl (C=O) groups is 2. The SMILES string of the molecule is COCCN(C(=O)c1ccc(C(F)(F)F)cc1)C1CC(C(=O)NCCO)=CC(Oc2ccccc2I)C1O. The van der Waals surface area contributed by atoms with E-state index < -0.39 is 41.8 Å². The Hall–Kier alpha value is -2.68. The van der Waals surface area contributed by atoms with E-state index in [4.69, 9.17) is 14.6 Å². The van der Waals surface area contributed by atoms with Crippen LogP contribution in [0.3, 0.4) is 0 Å². The van der Waals surface area contributed by atoms with Gasteiger partial charge in [-0.25, -0.2) is 0 Å². The Labute approximate surface area is 231 Å². The molecule has 0 fully saturated rings. The zero-order valence-corrected chi connectivity index (χ0v) is 22.6. The quantitative estimate of drug-likeness (QED) is 0.342. The number of methoxy groups -OCH3 is 1. The second kappa shape index (κ2) is 13.4. The Bertz CT molecular complexity index is 1140. The highest BCUT2D eigenvalue weighted by Gasteiger charge is 2.41. The number of aliphatic hydroxyl groups is 2. The molecule has 0 saturated heterocycles. The molecule has 8 nitrogen and oxygen atoms in total. The molecule has 3 atom stereocenters. The Balaban J connectivity index is 1.97. The maximum Gasteiger partial charge on any atom is 0.416 e. The predicted molar refractivity (Wildman–Crippen MR) is 141 cm³/mol. The van der Waals surface area contributed by atoms with Gasteiger partial charge in [-0.3, -0.25) is 9.59 Å². The Kier molecular flexibility index (Phi) is 10.5. The average molecular weight is 648 g/mol. The minimum atomic E-state index is -4.56. The van der Waals surface area contributed by atoms with E-state index in [2.05, 4.69) is 27.9 Å². The summed E-state index contributed by atoms with van der Waals surface area (Å²) in [5.41, 5.74) is -0.684. The molecule has 3 rings (SSSR count). The number of halogens is 4. The molecule has 0 heterocycles. The molecule has 206 valence electrons. The minimum Gasteiger partial charge on any atom is -0.482 e. The van der Waals surface area contributed by atoms with Crippen LogP contribution in [-0.4, -0.2) is 78.6 Å². The molecule has 0 radical (unpaired) electrons. The number of alkyl halides is 3. The Morgan fingerprint density at radius 3 is 2.45 bits per heavy atom. The van der Waals surface area contributed by atoms with E-state index in [1.54, 1.807) is 18.2 Å². The fourth-order valence-corrected chi connectivity index (χ4v) is 4.56. The molecule has 3 unspecified atom stereocenters. The fourth-order valence-electron chi connectivity index (χ4n) is 4.04. The topological polar surface area (TPSA) is 108 Å². The van der Waals surface area contributed by atoms with Gasteiger partial charge in [-0.2, -0.15) is 13.2 Å². The highest BCUT2D eigenvalue weighted by atomic mass is 127. The van der Waals surface area contributed by atoms with Gasteiger partial charge < -0.3 is 29.9 Å². The van der Waals surface area contributed by atoms with Gasteiger partial charge in [0.1, 0.15) is 18.0 Å². The number of benzene rings is 2. The number of carbonyl (C=O) groups excluding carboxylic acids is 2. The Morgan fingerprint density at radius 2 is 1.84 bits per heavy atom. The van der Waals surface area contributed by atoms with Crippen molar-refractivity contribution in [1.29, 1.82) is 0 Å². The van der Waals surface area contributed by atoms with E-state index in [9.17, 15) is 27.9 Å². The van der Waals surface area contributed by atoms with Gasteiger partial charge in [-0.05, 0) is 65.1 Å². The van der Waals surface area contributed by atoms with Crippen LogP contribution in [0.25, 0.3) is 0 Å². The third kappa shape index (κ3) is 7.46. The molecule has 12 heteroatoms. The monoisotopic (exact) mass is 648 g/mol. The second-order valence-corrected chi connectivity index (χ2v) is 9.68. The van der Waals surface area contributed by atoms with Gasteiger partial charge in [-0.15, -0.1) is 0 Å². The van der Waals surface area contributed by atoms with E-state index >= 15 is 0 Å². The summed E-state index contributed by atoms with van der Waals surface area (Å²) in [6, 6.07) is 9.89. The zero-order valence-electron chi connectivity index (χ0n) is 20.5. The lowest BCUT2D eigenvalue weighted by Crippen LogP contribution is -2.55. The first-order valence-electron chi connectivity index (χ1n) is 11.7. The molecule has 38 heavy (non-hydrogen) atoms. The molecule has 0 saturated carbocycles. The first-order valence-corrected chi connectivity index (χ1v) is 12.8. The van der Waals surface area contributed by atoms with Crippen molar-refractivity contribution in [1.82, 2.24) is 10.2 Å². The fraction of sp³-hybridized carbons (Fsp3) is 0.385. The highest BCUT2D eigenvalue weighted by molar-refractivity contribution is 14.1. The van der Waals surface area contributed by atoms with Gasteiger partial charge in [0.05, 0.1) is 28.4 Å². The molecule has 0 bridgehead atoms. The molecule has 3 N–H and O–H groups in total. The smallest absolute Gasteiger partial charge is 0.416 e. The van der Waals surface area contributed by atoms with E-state index in [-0.39, 0.29) is 43.9 Å². The molecule has 0 spiro atoms. The standard InChI is InChI=1S/C26H28F3IN2O6/c1-37-13-11-32(25(36)16-6-8-18(9-7-16)26(27,28)29)20-14-17(24(35)31-10-12-33)15-22(23(20)34)38-21-5-3-2-4-19(21)30/h2-9,15,20,22-23,33-34H,10-14H2,1H3,(H,31,35). The number of nitrogens with zero attached hydrogens (tertiary/aromatic N) is 1. The molecule has 0 aromatic heterocycles. The van der Waals surface area contributed by atoms with Crippen LogP contribution < -0.4 is 10.1 Å². The summed E-state index contributed by atoms with van der Waals surface area (Å²) in [7, 11) is 1.43. The molecular weight excluding hydrogens is 620 g/mol. The third-order valence-electron chi connectivity index (χ3n) is 5.97. The number of amides is 2. The van der Waals surface area contributed by atoms with E-state index in [0.29, 0.717) is 5.75 Å². The molecule has 2 aromatic carbocycles. The first-order chi connectivity index (χ1) is 18.1. The summed E-state index contributed by atoms with van der Waals surface area (Å²) >= 11 is 2.07. The van der Waals surface area contributed by atoms with Crippen LogP contribution in [0.4, 0.5) is 13.2 Å². The first kappa shape index (κ1) is 29.9. The summed E-state index contributed by atoms with van der Waals surface area (Å²) in [4.78, 5) is 27.6. The lowest BCUT2D eigenvalue weighted by atomic mass is 9.87. The van der Waals surface area contributed by atoms with Crippen LogP contribution in [0.5, 0.6) is 5.75 Å². The number of hydrogen-bond acceptors (Lipinski definition) is 6. The van der Waals surface area contributed by atoms with Gasteiger partial charge in [-0.1, -0.05) is 12.1 Å². The molecule has 1 aliphatic rings. The van der Waals surface area contributed by atoms with E-state index in [0.717, 1.165) is 27.8 Å². The number of ether oxygens (including phenoxy) is 2. The van der Waals surface area contributed by atoms with Crippen molar-refractivity contribution in [3.8, 4) is 5.75 Å². The average Bonchev–Trinajstić information content (AvgIpc) is 2.89. The summed E-state index contributed by atoms with van der Waals surface area (Å²) in [6.07, 6.45) is -5.44. The second-order valence-electron chi connectivity index (χ2n) is 8.51. The maximum absolute atomic E-state index is 13.5. The molecule has 2 amide bonds. The van der Waals surface area contributed by atoms with Crippen molar-refractivity contribution in [2.24, 2.45) is 0 Å². The zero-order chi connectivity index (χ0) is 27.9. The normalized spacial score (nSPS) is 19.4. The van der Waals surface area contributed by atoms with Crippen molar-refractivity contribution in [2.45, 2.75) is 30.8 Å². The lowest BCUT2D eigenvalue weighted by molar-refractivity contribution is -0.137. The molecule has 2 aromatic rings. The van der Waals surface area contributed by atoms with Crippen LogP contribution in [-0.2, 0) is 15.7 Å². The van der Waals surface area contributed by atoms with E-state index in [1.807, 2.05) is 6.07 Å². The maximum atomic E-state index is 13.5. The molecular formula is C26H28F3IN2O6. The van der Waals surface area contributed by atoms with Gasteiger partial charge in [0, 0.05) is 37.8 Å². The number of nitrogens with one attached hydrogen (secondary N) is 1. The van der Waals surface area contributed by atoms with E-state index in [1.165, 1.54) is 18.1 Å². The van der Waals surface area contributed by atoms with Crippen molar-refractivity contribution >= 4 is 34.4 Å². The summed E-state index contributed by atoms with van der Waals surface area (Å²) in [6.45, 7) is -0.199. The van der Waals surface area contributed by atoms with Crippen molar-refractivity contribution in [3.05, 3.63) is 74.9 Å². The highest BCUT2D eigenvalue weighted by Crippen LogP contribution is 2.32. The van der Waals surface area contributed by atoms with Crippen LogP contribution in [0.1, 0.15) is 22.3 Å². The van der Waals surface area contributed by atoms with Gasteiger partial charge in [0.2, 0.25) is 5.91 Å². The van der Waals surface area contributed by atoms with Gasteiger partial charge in [0.15, 0.2) is 0 Å². The van der Waals surface area contributed by atoms with Crippen LogP contribution in [0, 0.1) is 3.57 Å². The van der Waals surface area contributed by atoms with Gasteiger partial charge >= 0.3 is 6.18 Å². The van der Waals surface area contributed by atoms with Gasteiger partial charge in [0.25, 0.3) is 5.91 Å². The molecule has 1 aliphatic carbocycles. The number of rotatable bonds is 10. The predicted octanol–water partition coefficient (Wildman–Crippen LogP) is 3.01. The third-order valence-corrected chi connectivity index (χ3v) is 6.86.